The summed E-state index contributed by atoms with van der Waals surface area (Å²) < 4.78 is 0. The molecular formula is C18H23N3O2. The van der Waals surface area contributed by atoms with E-state index >= 15 is 0 Å². The average molecular weight is 313 g/mol. The fraction of sp³-hybridized carbons (Fsp3) is 0.556. The summed E-state index contributed by atoms with van der Waals surface area (Å²) in [5, 5.41) is 0. The molecule has 1 atom stereocenters. The number of imide groups is 1. The molecule has 23 heavy (non-hydrogen) atoms. The third-order valence-corrected chi connectivity index (χ3v) is 5.30. The molecule has 1 saturated heterocycles. The van der Waals surface area contributed by atoms with E-state index in [0.29, 0.717) is 25.3 Å². The van der Waals surface area contributed by atoms with Gasteiger partial charge in [0.25, 0.3) is 0 Å². The predicted molar refractivity (Wildman–Crippen MR) is 86.7 cm³/mol. The van der Waals surface area contributed by atoms with Crippen LogP contribution in [0.1, 0.15) is 43.4 Å². The molecule has 2 fully saturated rings. The number of nitrogens with zero attached hydrogens (tertiary/aromatic N) is 3. The van der Waals surface area contributed by atoms with E-state index in [2.05, 4.69) is 29.2 Å². The highest BCUT2D eigenvalue weighted by Crippen LogP contribution is 2.41. The highest BCUT2D eigenvalue weighted by Gasteiger charge is 2.42. The van der Waals surface area contributed by atoms with Crippen molar-refractivity contribution in [2.75, 3.05) is 19.8 Å². The summed E-state index contributed by atoms with van der Waals surface area (Å²) in [5.41, 5.74) is 2.84. The maximum absolute atomic E-state index is 12.4. The molecule has 5 heteroatoms. The normalized spacial score (nSPS) is 24.0. The number of hydrogen-bond donors (Lipinski definition) is 0. The Kier molecular flexibility index (Phi) is 3.60. The largest absolute Gasteiger partial charge is 0.328 e. The summed E-state index contributed by atoms with van der Waals surface area (Å²) in [7, 11) is 0. The molecule has 0 aromatic heterocycles. The first-order valence-corrected chi connectivity index (χ1v) is 8.62. The number of fused-ring (bicyclic) bond motifs is 1. The molecule has 122 valence electrons. The van der Waals surface area contributed by atoms with Crippen LogP contribution in [0, 0.1) is 0 Å². The number of hydrogen-bond acceptors (Lipinski definition) is 3. The van der Waals surface area contributed by atoms with E-state index < -0.39 is 0 Å². The van der Waals surface area contributed by atoms with Crippen LogP contribution in [0.3, 0.4) is 0 Å². The third kappa shape index (κ3) is 2.53. The molecule has 0 spiro atoms. The highest BCUT2D eigenvalue weighted by atomic mass is 16.2. The van der Waals surface area contributed by atoms with E-state index in [-0.39, 0.29) is 18.5 Å². The van der Waals surface area contributed by atoms with Gasteiger partial charge in [0.1, 0.15) is 6.54 Å². The Morgan fingerprint density at radius 3 is 2.65 bits per heavy atom. The number of carbonyl (C=O) groups is 2. The summed E-state index contributed by atoms with van der Waals surface area (Å²) in [5.74, 6) is -0.0694. The molecule has 0 unspecified atom stereocenters. The number of aryl methyl sites for hydroxylation is 1. The van der Waals surface area contributed by atoms with E-state index in [4.69, 9.17) is 0 Å². The molecule has 0 radical (unpaired) electrons. The van der Waals surface area contributed by atoms with Crippen LogP contribution < -0.4 is 0 Å². The van der Waals surface area contributed by atoms with Gasteiger partial charge in [-0.05, 0) is 43.7 Å². The molecular weight excluding hydrogens is 290 g/mol. The van der Waals surface area contributed by atoms with Gasteiger partial charge in [0.2, 0.25) is 5.91 Å². The summed E-state index contributed by atoms with van der Waals surface area (Å²) in [6.07, 6.45) is 4.62. The lowest BCUT2D eigenvalue weighted by molar-refractivity contribution is -0.125. The molecule has 1 aromatic rings. The van der Waals surface area contributed by atoms with E-state index in [1.807, 2.05) is 6.92 Å². The smallest absolute Gasteiger partial charge is 0.302 e. The monoisotopic (exact) mass is 313 g/mol. The Labute approximate surface area is 136 Å². The van der Waals surface area contributed by atoms with Crippen LogP contribution in [0.25, 0.3) is 0 Å². The fourth-order valence-electron chi connectivity index (χ4n) is 3.97. The minimum Gasteiger partial charge on any atom is -0.302 e. The zero-order valence-corrected chi connectivity index (χ0v) is 13.6. The minimum atomic E-state index is -0.130. The van der Waals surface area contributed by atoms with Crippen molar-refractivity contribution in [1.29, 1.82) is 0 Å². The molecule has 3 aliphatic rings. The lowest BCUT2D eigenvalue weighted by Crippen LogP contribution is -2.43. The van der Waals surface area contributed by atoms with Crippen LogP contribution in [0.15, 0.2) is 24.3 Å². The standard InChI is InChI=1S/C18H23N3O2/c1-2-20-17(22)11-19(18(20)23)12-21(14-8-9-14)16-10-7-13-5-3-4-6-15(13)16/h3-6,14,16H,2,7-12H2,1H3/t16-/m0/s1. The van der Waals surface area contributed by atoms with E-state index in [1.54, 1.807) is 4.90 Å². The molecule has 0 bridgehead atoms. The van der Waals surface area contributed by atoms with Crippen molar-refractivity contribution < 1.29 is 9.59 Å². The Hall–Kier alpha value is -1.88. The summed E-state index contributed by atoms with van der Waals surface area (Å²) in [6, 6.07) is 9.45. The van der Waals surface area contributed by atoms with Crippen molar-refractivity contribution in [1.82, 2.24) is 14.7 Å². The van der Waals surface area contributed by atoms with Crippen LogP contribution >= 0.6 is 0 Å². The maximum atomic E-state index is 12.4. The average Bonchev–Trinajstić information content (AvgIpc) is 3.25. The molecule has 0 N–H and O–H groups in total. The zero-order valence-electron chi connectivity index (χ0n) is 13.6. The van der Waals surface area contributed by atoms with Crippen molar-refractivity contribution in [3.05, 3.63) is 35.4 Å². The topological polar surface area (TPSA) is 43.9 Å². The van der Waals surface area contributed by atoms with Crippen LogP contribution in [-0.2, 0) is 11.2 Å². The number of likely N-dealkylation sites (N-methyl/N-ethyl adjacent to an activating group) is 1. The number of rotatable bonds is 5. The second-order valence-electron chi connectivity index (χ2n) is 6.76. The van der Waals surface area contributed by atoms with Crippen LogP contribution in [0.4, 0.5) is 4.79 Å². The molecule has 4 rings (SSSR count). The first kappa shape index (κ1) is 14.7. The van der Waals surface area contributed by atoms with Gasteiger partial charge in [0, 0.05) is 18.6 Å². The highest BCUT2D eigenvalue weighted by molar-refractivity contribution is 6.01. The SMILES string of the molecule is CCN1C(=O)CN(CN(C2CC2)[C@H]2CCc3ccccc32)C1=O. The number of urea groups is 1. The van der Waals surface area contributed by atoms with E-state index in [0.717, 1.165) is 12.8 Å². The Morgan fingerprint density at radius 1 is 1.17 bits per heavy atom. The summed E-state index contributed by atoms with van der Waals surface area (Å²) in [4.78, 5) is 29.9. The van der Waals surface area contributed by atoms with Crippen LogP contribution in [-0.4, -0.2) is 52.4 Å². The van der Waals surface area contributed by atoms with Gasteiger partial charge in [-0.3, -0.25) is 14.6 Å². The molecule has 1 aromatic carbocycles. The quantitative estimate of drug-likeness (QED) is 0.784. The van der Waals surface area contributed by atoms with Gasteiger partial charge in [-0.2, -0.15) is 0 Å². The first-order valence-electron chi connectivity index (χ1n) is 8.62. The molecule has 1 aliphatic heterocycles. The van der Waals surface area contributed by atoms with Gasteiger partial charge in [-0.1, -0.05) is 24.3 Å². The van der Waals surface area contributed by atoms with Gasteiger partial charge in [-0.25, -0.2) is 4.79 Å². The number of benzene rings is 1. The van der Waals surface area contributed by atoms with Crippen molar-refractivity contribution in [2.45, 2.75) is 44.7 Å². The Bertz CT molecular complexity index is 641. The maximum Gasteiger partial charge on any atom is 0.328 e. The minimum absolute atomic E-state index is 0.0694. The van der Waals surface area contributed by atoms with E-state index in [9.17, 15) is 9.59 Å². The molecule has 1 heterocycles. The van der Waals surface area contributed by atoms with Gasteiger partial charge in [0.05, 0.1) is 6.67 Å². The zero-order chi connectivity index (χ0) is 16.0. The Balaban J connectivity index is 1.54. The lowest BCUT2D eigenvalue weighted by Gasteiger charge is -2.33. The molecule has 5 nitrogen and oxygen atoms in total. The second-order valence-corrected chi connectivity index (χ2v) is 6.76. The number of amides is 3. The van der Waals surface area contributed by atoms with Gasteiger partial charge in [0.15, 0.2) is 0 Å². The second kappa shape index (κ2) is 5.64. The van der Waals surface area contributed by atoms with Crippen LogP contribution in [0.5, 0.6) is 0 Å². The van der Waals surface area contributed by atoms with Gasteiger partial charge >= 0.3 is 6.03 Å². The number of carbonyl (C=O) groups excluding carboxylic acids is 2. The van der Waals surface area contributed by atoms with Crippen molar-refractivity contribution in [3.63, 3.8) is 0 Å². The summed E-state index contributed by atoms with van der Waals surface area (Å²) >= 11 is 0. The first-order chi connectivity index (χ1) is 11.2. The van der Waals surface area contributed by atoms with Crippen LogP contribution in [0.2, 0.25) is 0 Å². The lowest BCUT2D eigenvalue weighted by atomic mass is 10.1. The van der Waals surface area contributed by atoms with Gasteiger partial charge in [-0.15, -0.1) is 0 Å². The summed E-state index contributed by atoms with van der Waals surface area (Å²) in [6.45, 7) is 3.12. The van der Waals surface area contributed by atoms with Crippen molar-refractivity contribution in [3.8, 4) is 0 Å². The van der Waals surface area contributed by atoms with Crippen molar-refractivity contribution >= 4 is 11.9 Å². The molecule has 2 aliphatic carbocycles. The van der Waals surface area contributed by atoms with Gasteiger partial charge < -0.3 is 4.90 Å². The Morgan fingerprint density at radius 2 is 1.96 bits per heavy atom. The predicted octanol–water partition coefficient (Wildman–Crippen LogP) is 2.38. The van der Waals surface area contributed by atoms with E-state index in [1.165, 1.54) is 28.9 Å². The third-order valence-electron chi connectivity index (χ3n) is 5.30. The molecule has 1 saturated carbocycles. The van der Waals surface area contributed by atoms with Crippen molar-refractivity contribution in [2.24, 2.45) is 0 Å². The fourth-order valence-corrected chi connectivity index (χ4v) is 3.97. The molecule has 3 amide bonds.